The van der Waals surface area contributed by atoms with E-state index in [0.717, 1.165) is 5.69 Å². The Kier molecular flexibility index (Phi) is 3.46. The van der Waals surface area contributed by atoms with Gasteiger partial charge in [0.25, 0.3) is 0 Å². The Balaban J connectivity index is 1.95. The molecule has 0 unspecified atom stereocenters. The van der Waals surface area contributed by atoms with Crippen LogP contribution in [0.15, 0.2) is 24.3 Å². The molecule has 5 heteroatoms. The van der Waals surface area contributed by atoms with E-state index in [-0.39, 0.29) is 11.2 Å². The quantitative estimate of drug-likeness (QED) is 0.807. The number of rotatable bonds is 3. The third-order valence-electron chi connectivity index (χ3n) is 2.39. The van der Waals surface area contributed by atoms with Crippen molar-refractivity contribution in [3.8, 4) is 0 Å². The summed E-state index contributed by atoms with van der Waals surface area (Å²) in [5.41, 5.74) is 2.24. The summed E-state index contributed by atoms with van der Waals surface area (Å²) in [5.74, 6) is -0.00363. The molecule has 16 heavy (non-hydrogen) atoms. The first-order valence-electron chi connectivity index (χ1n) is 4.98. The Morgan fingerprint density at radius 2 is 2.25 bits per heavy atom. The van der Waals surface area contributed by atoms with Crippen molar-refractivity contribution in [3.05, 3.63) is 29.8 Å². The van der Waals surface area contributed by atoms with Crippen molar-refractivity contribution in [1.82, 2.24) is 5.32 Å². The van der Waals surface area contributed by atoms with E-state index in [1.807, 2.05) is 31.2 Å². The number of benzene rings is 1. The average molecular weight is 252 g/mol. The summed E-state index contributed by atoms with van der Waals surface area (Å²) in [7, 11) is 0. The van der Waals surface area contributed by atoms with Gasteiger partial charge in [-0.15, -0.1) is 0 Å². The van der Waals surface area contributed by atoms with Gasteiger partial charge in [-0.05, 0) is 18.6 Å². The summed E-state index contributed by atoms with van der Waals surface area (Å²) in [6, 6.07) is 8.01. The summed E-state index contributed by atoms with van der Waals surface area (Å²) < 4.78 is 0.571. The molecular formula is C11H12N2OS2. The highest BCUT2D eigenvalue weighted by Gasteiger charge is 2.28. The van der Waals surface area contributed by atoms with Crippen molar-refractivity contribution < 1.29 is 4.79 Å². The molecule has 1 aromatic carbocycles. The molecule has 1 aliphatic heterocycles. The molecule has 1 amide bonds. The van der Waals surface area contributed by atoms with E-state index in [9.17, 15) is 4.79 Å². The van der Waals surface area contributed by atoms with Crippen LogP contribution in [0.4, 0.5) is 5.69 Å². The van der Waals surface area contributed by atoms with Crippen LogP contribution >= 0.6 is 24.0 Å². The summed E-state index contributed by atoms with van der Waals surface area (Å²) >= 11 is 6.34. The zero-order chi connectivity index (χ0) is 11.5. The molecular weight excluding hydrogens is 240 g/mol. The van der Waals surface area contributed by atoms with Gasteiger partial charge in [-0.25, -0.2) is 0 Å². The molecule has 0 aliphatic carbocycles. The molecule has 1 aliphatic rings. The Morgan fingerprint density at radius 1 is 1.50 bits per heavy atom. The average Bonchev–Trinajstić information content (AvgIpc) is 2.56. The number of aryl methyl sites for hydroxylation is 1. The maximum Gasteiger partial charge on any atom is 0.240 e. The van der Waals surface area contributed by atoms with Crippen LogP contribution in [0.1, 0.15) is 5.56 Å². The monoisotopic (exact) mass is 252 g/mol. The van der Waals surface area contributed by atoms with Gasteiger partial charge in [-0.2, -0.15) is 0 Å². The van der Waals surface area contributed by atoms with Crippen LogP contribution in [-0.4, -0.2) is 22.0 Å². The number of thiocarbonyl (C=S) groups is 1. The molecule has 3 nitrogen and oxygen atoms in total. The second-order valence-electron chi connectivity index (χ2n) is 3.58. The van der Waals surface area contributed by atoms with Crippen LogP contribution in [0.3, 0.4) is 0 Å². The molecule has 1 aromatic rings. The largest absolute Gasteiger partial charge is 0.383 e. The second-order valence-corrected chi connectivity index (χ2v) is 5.46. The third kappa shape index (κ3) is 2.54. The Morgan fingerprint density at radius 3 is 2.88 bits per heavy atom. The SMILES string of the molecule is Cc1ccccc1NC[C@H]1SC(=S)NC1=O. The van der Waals surface area contributed by atoms with Gasteiger partial charge in [-0.3, -0.25) is 4.79 Å². The predicted molar refractivity (Wildman–Crippen MR) is 71.8 cm³/mol. The highest BCUT2D eigenvalue weighted by molar-refractivity contribution is 8.24. The van der Waals surface area contributed by atoms with Crippen LogP contribution in [0.5, 0.6) is 0 Å². The summed E-state index contributed by atoms with van der Waals surface area (Å²) in [5, 5.41) is 5.78. The lowest BCUT2D eigenvalue weighted by atomic mass is 10.2. The maximum atomic E-state index is 11.4. The molecule has 0 saturated carbocycles. The van der Waals surface area contributed by atoms with Gasteiger partial charge in [0.2, 0.25) is 5.91 Å². The Bertz CT molecular complexity index is 434. The van der Waals surface area contributed by atoms with Gasteiger partial charge in [0.05, 0.1) is 0 Å². The zero-order valence-corrected chi connectivity index (χ0v) is 10.5. The van der Waals surface area contributed by atoms with E-state index in [1.54, 1.807) is 0 Å². The van der Waals surface area contributed by atoms with Crippen LogP contribution in [-0.2, 0) is 4.79 Å². The molecule has 1 heterocycles. The Hall–Kier alpha value is -1.07. The first kappa shape index (κ1) is 11.4. The number of thioether (sulfide) groups is 1. The van der Waals surface area contributed by atoms with Crippen molar-refractivity contribution in [1.29, 1.82) is 0 Å². The molecule has 0 spiro atoms. The summed E-state index contributed by atoms with van der Waals surface area (Å²) in [6.45, 7) is 2.64. The van der Waals surface area contributed by atoms with Crippen LogP contribution < -0.4 is 10.6 Å². The number of carbonyl (C=O) groups excluding carboxylic acids is 1. The summed E-state index contributed by atoms with van der Waals surface area (Å²) in [6.07, 6.45) is 0. The van der Waals surface area contributed by atoms with Gasteiger partial charge in [-0.1, -0.05) is 42.2 Å². The van der Waals surface area contributed by atoms with Gasteiger partial charge in [0.15, 0.2) is 0 Å². The fourth-order valence-corrected chi connectivity index (χ4v) is 2.70. The van der Waals surface area contributed by atoms with E-state index in [4.69, 9.17) is 12.2 Å². The van der Waals surface area contributed by atoms with Crippen molar-refractivity contribution in [3.63, 3.8) is 0 Å². The highest BCUT2D eigenvalue weighted by atomic mass is 32.2. The lowest BCUT2D eigenvalue weighted by Gasteiger charge is -2.11. The zero-order valence-electron chi connectivity index (χ0n) is 8.82. The smallest absolute Gasteiger partial charge is 0.240 e. The van der Waals surface area contributed by atoms with Crippen LogP contribution in [0, 0.1) is 6.92 Å². The summed E-state index contributed by atoms with van der Waals surface area (Å²) in [4.78, 5) is 11.4. The maximum absolute atomic E-state index is 11.4. The lowest BCUT2D eigenvalue weighted by Crippen LogP contribution is -2.29. The molecule has 1 fully saturated rings. The number of anilines is 1. The molecule has 0 bridgehead atoms. The van der Waals surface area contributed by atoms with Crippen molar-refractivity contribution in [2.75, 3.05) is 11.9 Å². The molecule has 0 radical (unpaired) electrons. The van der Waals surface area contributed by atoms with E-state index in [1.165, 1.54) is 17.3 Å². The van der Waals surface area contributed by atoms with Gasteiger partial charge in [0.1, 0.15) is 9.57 Å². The van der Waals surface area contributed by atoms with Crippen molar-refractivity contribution in [2.45, 2.75) is 12.2 Å². The van der Waals surface area contributed by atoms with E-state index in [0.29, 0.717) is 10.9 Å². The minimum Gasteiger partial charge on any atom is -0.383 e. The van der Waals surface area contributed by atoms with E-state index in [2.05, 4.69) is 10.6 Å². The minimum atomic E-state index is -0.118. The van der Waals surface area contributed by atoms with Gasteiger partial charge < -0.3 is 10.6 Å². The van der Waals surface area contributed by atoms with Gasteiger partial charge >= 0.3 is 0 Å². The van der Waals surface area contributed by atoms with E-state index >= 15 is 0 Å². The number of para-hydroxylation sites is 1. The number of amides is 1. The number of nitrogens with one attached hydrogen (secondary N) is 2. The van der Waals surface area contributed by atoms with Crippen LogP contribution in [0.25, 0.3) is 0 Å². The van der Waals surface area contributed by atoms with Crippen molar-refractivity contribution >= 4 is 39.9 Å². The molecule has 2 N–H and O–H groups in total. The fourth-order valence-electron chi connectivity index (χ4n) is 1.50. The highest BCUT2D eigenvalue weighted by Crippen LogP contribution is 2.21. The number of hydrogen-bond donors (Lipinski definition) is 2. The first-order chi connectivity index (χ1) is 7.66. The standard InChI is InChI=1S/C11H12N2OS2/c1-7-4-2-3-5-8(7)12-6-9-10(14)13-11(15)16-9/h2-5,9,12H,6H2,1H3,(H,13,14,15)/t9-/m1/s1. The third-order valence-corrected chi connectivity index (χ3v) is 3.76. The fraction of sp³-hybridized carbons (Fsp3) is 0.273. The molecule has 1 atom stereocenters. The molecule has 2 rings (SSSR count). The van der Waals surface area contributed by atoms with Crippen LogP contribution in [0.2, 0.25) is 0 Å². The van der Waals surface area contributed by atoms with Gasteiger partial charge in [0, 0.05) is 12.2 Å². The lowest BCUT2D eigenvalue weighted by molar-refractivity contribution is -0.118. The molecule has 1 saturated heterocycles. The minimum absolute atomic E-state index is 0.00363. The Labute approximate surface area is 104 Å². The normalized spacial score (nSPS) is 19.7. The molecule has 84 valence electrons. The first-order valence-corrected chi connectivity index (χ1v) is 6.26. The number of hydrogen-bond acceptors (Lipinski definition) is 4. The topological polar surface area (TPSA) is 41.1 Å². The molecule has 0 aromatic heterocycles. The second kappa shape index (κ2) is 4.84. The van der Waals surface area contributed by atoms with E-state index < -0.39 is 0 Å². The number of carbonyl (C=O) groups is 1. The van der Waals surface area contributed by atoms with Crippen molar-refractivity contribution in [2.24, 2.45) is 0 Å². The predicted octanol–water partition coefficient (Wildman–Crippen LogP) is 1.92.